The van der Waals surface area contributed by atoms with Crippen molar-refractivity contribution in [3.05, 3.63) is 42.0 Å². The van der Waals surface area contributed by atoms with Gasteiger partial charge in [0.15, 0.2) is 0 Å². The predicted molar refractivity (Wildman–Crippen MR) is 47.2 cm³/mol. The molecule has 0 aliphatic carbocycles. The molecule has 0 spiro atoms. The van der Waals surface area contributed by atoms with E-state index in [1.807, 2.05) is 0 Å². The van der Waals surface area contributed by atoms with Gasteiger partial charge in [-0.2, -0.15) is 0 Å². The maximum Gasteiger partial charge on any atom is 0.260 e. The van der Waals surface area contributed by atoms with Crippen molar-refractivity contribution in [2.24, 2.45) is 0 Å². The maximum atomic E-state index is 13.2. The molecule has 2 aromatic rings. The van der Waals surface area contributed by atoms with Crippen molar-refractivity contribution in [1.82, 2.24) is 4.98 Å². The van der Waals surface area contributed by atoms with Crippen molar-refractivity contribution < 1.29 is 18.0 Å². The number of benzene rings is 1. The summed E-state index contributed by atoms with van der Waals surface area (Å²) in [5.41, 5.74) is 0.0564. The summed E-state index contributed by atoms with van der Waals surface area (Å²) in [5, 5.41) is 0. The average Bonchev–Trinajstić information content (AvgIpc) is 2.70. The van der Waals surface area contributed by atoms with E-state index in [4.69, 9.17) is 4.42 Å². The first-order valence-corrected chi connectivity index (χ1v) is 4.07. The minimum Gasteiger partial charge on any atom is -0.442 e. The molecule has 3 nitrogen and oxygen atoms in total. The third-order valence-corrected chi connectivity index (χ3v) is 1.83. The fourth-order valence-electron chi connectivity index (χ4n) is 1.16. The van der Waals surface area contributed by atoms with Crippen LogP contribution < -0.4 is 0 Å². The monoisotopic (exact) mass is 209 g/mol. The molecule has 0 radical (unpaired) electrons. The van der Waals surface area contributed by atoms with Crippen molar-refractivity contribution in [3.8, 4) is 11.3 Å². The molecule has 0 saturated heterocycles. The van der Waals surface area contributed by atoms with Gasteiger partial charge in [0.25, 0.3) is 5.89 Å². The first kappa shape index (κ1) is 9.51. The topological polar surface area (TPSA) is 43.1 Å². The molecule has 2 rings (SSSR count). The number of carbonyl (C=O) groups is 1. The molecule has 76 valence electrons. The van der Waals surface area contributed by atoms with Crippen LogP contribution in [0.15, 0.2) is 28.9 Å². The summed E-state index contributed by atoms with van der Waals surface area (Å²) >= 11 is 0. The number of oxazole rings is 1. The molecule has 1 heterocycles. The van der Waals surface area contributed by atoms with Crippen LogP contribution in [0.25, 0.3) is 11.3 Å². The van der Waals surface area contributed by atoms with E-state index in [1.54, 1.807) is 0 Å². The second-order valence-electron chi connectivity index (χ2n) is 2.81. The Kier molecular flexibility index (Phi) is 2.29. The minimum absolute atomic E-state index is 0.0353. The van der Waals surface area contributed by atoms with Gasteiger partial charge in [0.05, 0.1) is 0 Å². The quantitative estimate of drug-likeness (QED) is 0.713. The lowest BCUT2D eigenvalue weighted by atomic mass is 10.1. The molecule has 5 heteroatoms. The van der Waals surface area contributed by atoms with Crippen LogP contribution in [0.2, 0.25) is 0 Å². The molecule has 1 aromatic carbocycles. The van der Waals surface area contributed by atoms with Crippen molar-refractivity contribution in [1.29, 1.82) is 0 Å². The Labute approximate surface area is 83.4 Å². The molecule has 0 saturated carbocycles. The van der Waals surface area contributed by atoms with Crippen LogP contribution in [-0.4, -0.2) is 11.3 Å². The average molecular weight is 209 g/mol. The van der Waals surface area contributed by atoms with Gasteiger partial charge in [-0.3, -0.25) is 4.79 Å². The first-order valence-electron chi connectivity index (χ1n) is 4.07. The van der Waals surface area contributed by atoms with Crippen LogP contribution in [0.5, 0.6) is 0 Å². The standard InChI is InChI=1S/C10H5F2NO2/c11-6-1-2-8(12)7(3-6)9-5-15-10(4-14)13-9/h1-5H. The van der Waals surface area contributed by atoms with Crippen LogP contribution >= 0.6 is 0 Å². The molecule has 0 atom stereocenters. The summed E-state index contributed by atoms with van der Waals surface area (Å²) in [7, 11) is 0. The Morgan fingerprint density at radius 3 is 2.80 bits per heavy atom. The molecule has 0 bridgehead atoms. The van der Waals surface area contributed by atoms with E-state index >= 15 is 0 Å². The van der Waals surface area contributed by atoms with E-state index in [1.165, 1.54) is 0 Å². The number of aromatic nitrogens is 1. The zero-order valence-corrected chi connectivity index (χ0v) is 7.41. The maximum absolute atomic E-state index is 13.2. The van der Waals surface area contributed by atoms with Gasteiger partial charge in [-0.25, -0.2) is 13.8 Å². The molecule has 0 fully saturated rings. The Morgan fingerprint density at radius 2 is 2.13 bits per heavy atom. The fraction of sp³-hybridized carbons (Fsp3) is 0. The van der Waals surface area contributed by atoms with Gasteiger partial charge in [0.2, 0.25) is 6.29 Å². The highest BCUT2D eigenvalue weighted by Gasteiger charge is 2.11. The van der Waals surface area contributed by atoms with Gasteiger partial charge < -0.3 is 4.42 Å². The van der Waals surface area contributed by atoms with E-state index < -0.39 is 11.6 Å². The number of aldehydes is 1. The Bertz CT molecular complexity index is 508. The van der Waals surface area contributed by atoms with E-state index in [9.17, 15) is 13.6 Å². The van der Waals surface area contributed by atoms with E-state index in [2.05, 4.69) is 4.98 Å². The molecule has 15 heavy (non-hydrogen) atoms. The van der Waals surface area contributed by atoms with Gasteiger partial charge in [-0.05, 0) is 18.2 Å². The van der Waals surface area contributed by atoms with Gasteiger partial charge in [0, 0.05) is 5.56 Å². The van der Waals surface area contributed by atoms with Gasteiger partial charge in [0.1, 0.15) is 23.6 Å². The lowest BCUT2D eigenvalue weighted by molar-refractivity contribution is 0.109. The molecule has 1 aromatic heterocycles. The second kappa shape index (κ2) is 3.61. The van der Waals surface area contributed by atoms with Crippen molar-refractivity contribution in [3.63, 3.8) is 0 Å². The number of nitrogens with zero attached hydrogens (tertiary/aromatic N) is 1. The van der Waals surface area contributed by atoms with Crippen LogP contribution in [0.1, 0.15) is 10.7 Å². The van der Waals surface area contributed by atoms with Crippen LogP contribution in [0, 0.1) is 11.6 Å². The Hall–Kier alpha value is -2.04. The van der Waals surface area contributed by atoms with Crippen LogP contribution in [0.3, 0.4) is 0 Å². The highest BCUT2D eigenvalue weighted by atomic mass is 19.1. The smallest absolute Gasteiger partial charge is 0.260 e. The lowest BCUT2D eigenvalue weighted by Gasteiger charge is -1.97. The Morgan fingerprint density at radius 1 is 1.33 bits per heavy atom. The third kappa shape index (κ3) is 1.76. The molecule has 0 aliphatic rings. The van der Waals surface area contributed by atoms with Gasteiger partial charge in [-0.15, -0.1) is 0 Å². The summed E-state index contributed by atoms with van der Waals surface area (Å²) < 4.78 is 30.8. The van der Waals surface area contributed by atoms with Crippen molar-refractivity contribution >= 4 is 6.29 Å². The molecular formula is C10H5F2NO2. The normalized spacial score (nSPS) is 10.3. The number of halogens is 2. The number of hydrogen-bond donors (Lipinski definition) is 0. The number of rotatable bonds is 2. The SMILES string of the molecule is O=Cc1nc(-c2cc(F)ccc2F)co1. The lowest BCUT2D eigenvalue weighted by Crippen LogP contribution is -1.87. The largest absolute Gasteiger partial charge is 0.442 e. The fourth-order valence-corrected chi connectivity index (χ4v) is 1.16. The van der Waals surface area contributed by atoms with Crippen molar-refractivity contribution in [2.75, 3.05) is 0 Å². The second-order valence-corrected chi connectivity index (χ2v) is 2.81. The summed E-state index contributed by atoms with van der Waals surface area (Å²) in [6, 6.07) is 2.97. The summed E-state index contributed by atoms with van der Waals surface area (Å²) in [6.45, 7) is 0. The zero-order chi connectivity index (χ0) is 10.8. The zero-order valence-electron chi connectivity index (χ0n) is 7.41. The predicted octanol–water partition coefficient (Wildman–Crippen LogP) is 2.43. The highest BCUT2D eigenvalue weighted by molar-refractivity contribution is 5.70. The number of carbonyl (C=O) groups excluding carboxylic acids is 1. The van der Waals surface area contributed by atoms with Gasteiger partial charge >= 0.3 is 0 Å². The minimum atomic E-state index is -0.623. The molecule has 0 N–H and O–H groups in total. The summed E-state index contributed by atoms with van der Waals surface area (Å²) in [4.78, 5) is 13.9. The van der Waals surface area contributed by atoms with Crippen LogP contribution in [0.4, 0.5) is 8.78 Å². The summed E-state index contributed by atoms with van der Waals surface area (Å²) in [5.74, 6) is -1.38. The molecule has 0 aliphatic heterocycles. The molecule has 0 unspecified atom stereocenters. The van der Waals surface area contributed by atoms with Crippen LogP contribution in [-0.2, 0) is 0 Å². The molecular weight excluding hydrogens is 204 g/mol. The first-order chi connectivity index (χ1) is 7.20. The van der Waals surface area contributed by atoms with E-state index in [0.717, 1.165) is 24.5 Å². The third-order valence-electron chi connectivity index (χ3n) is 1.83. The van der Waals surface area contributed by atoms with Crippen molar-refractivity contribution in [2.45, 2.75) is 0 Å². The summed E-state index contributed by atoms with van der Waals surface area (Å²) in [6.07, 6.45) is 1.49. The molecule has 0 amide bonds. The highest BCUT2D eigenvalue weighted by Crippen LogP contribution is 2.22. The van der Waals surface area contributed by atoms with Gasteiger partial charge in [-0.1, -0.05) is 0 Å². The Balaban J connectivity index is 2.52. The number of hydrogen-bond acceptors (Lipinski definition) is 3. The van der Waals surface area contributed by atoms with E-state index in [0.29, 0.717) is 6.29 Å². The van der Waals surface area contributed by atoms with E-state index in [-0.39, 0.29) is 17.1 Å².